The second kappa shape index (κ2) is 5.75. The van der Waals surface area contributed by atoms with Crippen LogP contribution in [0.4, 0.5) is 4.79 Å². The first-order chi connectivity index (χ1) is 9.79. The van der Waals surface area contributed by atoms with Gasteiger partial charge in [0.1, 0.15) is 23.1 Å². The summed E-state index contributed by atoms with van der Waals surface area (Å²) in [6, 6.07) is -0.418. The number of rotatable bonds is 2. The molecule has 0 bridgehead atoms. The van der Waals surface area contributed by atoms with Crippen LogP contribution in [0.1, 0.15) is 62.1 Å². The first-order valence-corrected chi connectivity index (χ1v) is 6.97. The van der Waals surface area contributed by atoms with Crippen LogP contribution < -0.4 is 0 Å². The second-order valence-electron chi connectivity index (χ2n) is 6.10. The molecule has 0 aromatic carbocycles. The lowest BCUT2D eigenvalue weighted by atomic mass is 9.97. The quantitative estimate of drug-likeness (QED) is 0.902. The van der Waals surface area contributed by atoms with Crippen molar-refractivity contribution < 1.29 is 24.0 Å². The Kier molecular flexibility index (Phi) is 4.20. The van der Waals surface area contributed by atoms with Gasteiger partial charge in [0.15, 0.2) is 0 Å². The standard InChI is InChI=1S/C14H20N2O5/c1-14(2,3)21-13(19)16-7-5-4-6-10(16)11-9(12(17)18)8-20-15-11/h8,10H,4-7H2,1-3H3,(H,17,18)/t10-/m0/s1. The number of carbonyl (C=O) groups is 2. The molecular formula is C14H20N2O5. The highest BCUT2D eigenvalue weighted by Crippen LogP contribution is 2.33. The van der Waals surface area contributed by atoms with E-state index in [2.05, 4.69) is 5.16 Å². The van der Waals surface area contributed by atoms with E-state index in [0.29, 0.717) is 13.0 Å². The number of hydrogen-bond acceptors (Lipinski definition) is 5. The number of carboxylic acids is 1. The minimum Gasteiger partial charge on any atom is -0.478 e. The topological polar surface area (TPSA) is 92.9 Å². The molecule has 0 unspecified atom stereocenters. The molecule has 0 saturated carbocycles. The molecule has 2 rings (SSSR count). The Bertz CT molecular complexity index is 532. The third kappa shape index (κ3) is 3.53. The molecule has 1 fully saturated rings. The lowest BCUT2D eigenvalue weighted by molar-refractivity contribution is 0.00841. The fraction of sp³-hybridized carbons (Fsp3) is 0.643. The summed E-state index contributed by atoms with van der Waals surface area (Å²) in [6.07, 6.45) is 3.05. The minimum absolute atomic E-state index is 0.00420. The van der Waals surface area contributed by atoms with Gasteiger partial charge in [0, 0.05) is 6.54 Å². The van der Waals surface area contributed by atoms with Gasteiger partial charge < -0.3 is 14.4 Å². The predicted octanol–water partition coefficient (Wildman–Crippen LogP) is 2.83. The normalized spacial score (nSPS) is 19.4. The summed E-state index contributed by atoms with van der Waals surface area (Å²) < 4.78 is 10.2. The first kappa shape index (κ1) is 15.3. The van der Waals surface area contributed by atoms with Gasteiger partial charge in [-0.05, 0) is 40.0 Å². The van der Waals surface area contributed by atoms with Crippen LogP contribution in [0.2, 0.25) is 0 Å². The lowest BCUT2D eigenvalue weighted by Crippen LogP contribution is -2.42. The first-order valence-electron chi connectivity index (χ1n) is 6.97. The highest BCUT2D eigenvalue weighted by Gasteiger charge is 2.35. The van der Waals surface area contributed by atoms with Gasteiger partial charge in [-0.3, -0.25) is 4.90 Å². The fourth-order valence-electron chi connectivity index (χ4n) is 2.40. The van der Waals surface area contributed by atoms with E-state index in [0.717, 1.165) is 19.1 Å². The van der Waals surface area contributed by atoms with E-state index in [4.69, 9.17) is 14.4 Å². The maximum atomic E-state index is 12.3. The van der Waals surface area contributed by atoms with Crippen LogP contribution in [0.25, 0.3) is 0 Å². The molecule has 1 saturated heterocycles. The third-order valence-corrected chi connectivity index (χ3v) is 3.27. The molecule has 1 aromatic rings. The van der Waals surface area contributed by atoms with Crippen LogP contribution in [-0.2, 0) is 4.74 Å². The summed E-state index contributed by atoms with van der Waals surface area (Å²) in [7, 11) is 0. The highest BCUT2D eigenvalue weighted by molar-refractivity contribution is 5.88. The van der Waals surface area contributed by atoms with Crippen molar-refractivity contribution in [2.24, 2.45) is 0 Å². The van der Waals surface area contributed by atoms with Crippen molar-refractivity contribution in [3.63, 3.8) is 0 Å². The Morgan fingerprint density at radius 2 is 2.14 bits per heavy atom. The van der Waals surface area contributed by atoms with Crippen molar-refractivity contribution >= 4 is 12.1 Å². The van der Waals surface area contributed by atoms with E-state index in [1.54, 1.807) is 25.7 Å². The molecule has 0 aliphatic carbocycles. The molecule has 0 spiro atoms. The molecule has 1 aromatic heterocycles. The van der Waals surface area contributed by atoms with Gasteiger partial charge in [-0.1, -0.05) is 5.16 Å². The number of carboxylic acid groups (broad SMARTS) is 1. The van der Waals surface area contributed by atoms with Crippen LogP contribution in [0.5, 0.6) is 0 Å². The second-order valence-corrected chi connectivity index (χ2v) is 6.10. The molecule has 21 heavy (non-hydrogen) atoms. The predicted molar refractivity (Wildman–Crippen MR) is 73.0 cm³/mol. The van der Waals surface area contributed by atoms with Crippen molar-refractivity contribution in [2.75, 3.05) is 6.54 Å². The number of carbonyl (C=O) groups excluding carboxylic acids is 1. The number of amides is 1. The number of hydrogen-bond donors (Lipinski definition) is 1. The Morgan fingerprint density at radius 1 is 1.43 bits per heavy atom. The molecule has 7 heteroatoms. The molecule has 7 nitrogen and oxygen atoms in total. The lowest BCUT2D eigenvalue weighted by Gasteiger charge is -2.35. The Morgan fingerprint density at radius 3 is 2.76 bits per heavy atom. The Labute approximate surface area is 122 Å². The summed E-state index contributed by atoms with van der Waals surface area (Å²) in [5, 5.41) is 12.9. The van der Waals surface area contributed by atoms with E-state index in [9.17, 15) is 9.59 Å². The van der Waals surface area contributed by atoms with Crippen molar-refractivity contribution in [1.29, 1.82) is 0 Å². The third-order valence-electron chi connectivity index (χ3n) is 3.27. The number of likely N-dealkylation sites (tertiary alicyclic amines) is 1. The van der Waals surface area contributed by atoms with Crippen molar-refractivity contribution in [2.45, 2.75) is 51.7 Å². The molecule has 116 valence electrons. The molecule has 1 aliphatic rings. The van der Waals surface area contributed by atoms with Gasteiger partial charge in [0.25, 0.3) is 0 Å². The minimum atomic E-state index is -1.11. The SMILES string of the molecule is CC(C)(C)OC(=O)N1CCCC[C@H]1c1nocc1C(=O)O. The average Bonchev–Trinajstić information content (AvgIpc) is 2.85. The van der Waals surface area contributed by atoms with Gasteiger partial charge in [-0.2, -0.15) is 0 Å². The Hall–Kier alpha value is -2.05. The van der Waals surface area contributed by atoms with Gasteiger partial charge >= 0.3 is 12.1 Å². The zero-order valence-corrected chi connectivity index (χ0v) is 12.5. The average molecular weight is 296 g/mol. The van der Waals surface area contributed by atoms with Crippen molar-refractivity contribution in [1.82, 2.24) is 10.1 Å². The Balaban J connectivity index is 2.25. The summed E-state index contributed by atoms with van der Waals surface area (Å²) in [5.41, 5.74) is -0.318. The van der Waals surface area contributed by atoms with Gasteiger partial charge in [0.2, 0.25) is 0 Å². The van der Waals surface area contributed by atoms with Crippen LogP contribution >= 0.6 is 0 Å². The van der Waals surface area contributed by atoms with E-state index in [1.165, 1.54) is 0 Å². The van der Waals surface area contributed by atoms with Gasteiger partial charge in [0.05, 0.1) is 6.04 Å². The molecule has 2 heterocycles. The smallest absolute Gasteiger partial charge is 0.410 e. The van der Waals surface area contributed by atoms with Crippen LogP contribution in [-0.4, -0.2) is 39.4 Å². The molecule has 1 atom stereocenters. The van der Waals surface area contributed by atoms with Crippen molar-refractivity contribution in [3.8, 4) is 0 Å². The zero-order valence-electron chi connectivity index (χ0n) is 12.5. The fourth-order valence-corrected chi connectivity index (χ4v) is 2.40. The number of nitrogens with zero attached hydrogens (tertiary/aromatic N) is 2. The number of ether oxygens (including phenoxy) is 1. The number of aromatic nitrogens is 1. The number of piperidine rings is 1. The van der Waals surface area contributed by atoms with Crippen molar-refractivity contribution in [3.05, 3.63) is 17.5 Å². The van der Waals surface area contributed by atoms with Crippen LogP contribution in [0, 0.1) is 0 Å². The summed E-state index contributed by atoms with van der Waals surface area (Å²) in [5.74, 6) is -1.11. The monoisotopic (exact) mass is 296 g/mol. The molecule has 1 N–H and O–H groups in total. The summed E-state index contributed by atoms with van der Waals surface area (Å²) in [4.78, 5) is 25.0. The molecule has 1 aliphatic heterocycles. The molecular weight excluding hydrogens is 276 g/mol. The molecule has 1 amide bonds. The van der Waals surface area contributed by atoms with E-state index < -0.39 is 23.7 Å². The largest absolute Gasteiger partial charge is 0.478 e. The van der Waals surface area contributed by atoms with E-state index in [-0.39, 0.29) is 11.3 Å². The van der Waals surface area contributed by atoms with E-state index in [1.807, 2.05) is 0 Å². The van der Waals surface area contributed by atoms with Crippen LogP contribution in [0.3, 0.4) is 0 Å². The van der Waals surface area contributed by atoms with Gasteiger partial charge in [-0.25, -0.2) is 9.59 Å². The van der Waals surface area contributed by atoms with Gasteiger partial charge in [-0.15, -0.1) is 0 Å². The van der Waals surface area contributed by atoms with E-state index >= 15 is 0 Å². The van der Waals surface area contributed by atoms with Crippen LogP contribution in [0.15, 0.2) is 10.8 Å². The zero-order chi connectivity index (χ0) is 15.6. The molecule has 0 radical (unpaired) electrons. The highest BCUT2D eigenvalue weighted by atomic mass is 16.6. The summed E-state index contributed by atoms with van der Waals surface area (Å²) in [6.45, 7) is 5.90. The maximum absolute atomic E-state index is 12.3. The number of aromatic carboxylic acids is 1. The summed E-state index contributed by atoms with van der Waals surface area (Å²) >= 11 is 0. The maximum Gasteiger partial charge on any atom is 0.410 e.